The molecule has 0 radical (unpaired) electrons. The molecule has 0 saturated carbocycles. The van der Waals surface area contributed by atoms with E-state index in [9.17, 15) is 4.79 Å². The van der Waals surface area contributed by atoms with Crippen LogP contribution in [0.4, 0.5) is 0 Å². The summed E-state index contributed by atoms with van der Waals surface area (Å²) in [7, 11) is 3.22. The average Bonchev–Trinajstić information content (AvgIpc) is 3.40. The lowest BCUT2D eigenvalue weighted by Gasteiger charge is -2.24. The molecule has 1 aliphatic heterocycles. The number of carbonyl (C=O) groups is 1. The van der Waals surface area contributed by atoms with Crippen molar-refractivity contribution in [3.8, 4) is 22.1 Å². The highest BCUT2D eigenvalue weighted by Gasteiger charge is 2.32. The summed E-state index contributed by atoms with van der Waals surface area (Å²) < 4.78 is 10.7. The van der Waals surface area contributed by atoms with Crippen LogP contribution in [0.2, 0.25) is 0 Å². The van der Waals surface area contributed by atoms with Gasteiger partial charge in [-0.2, -0.15) is 0 Å². The Morgan fingerprint density at radius 3 is 2.59 bits per heavy atom. The van der Waals surface area contributed by atoms with Gasteiger partial charge in [-0.3, -0.25) is 4.79 Å². The first-order valence-corrected chi connectivity index (χ1v) is 10.5. The maximum atomic E-state index is 13.4. The van der Waals surface area contributed by atoms with E-state index in [2.05, 4.69) is 17.1 Å². The summed E-state index contributed by atoms with van der Waals surface area (Å²) in [5, 5.41) is 0.808. The fraction of sp³-hybridized carbons (Fsp3) is 0.304. The monoisotopic (exact) mass is 408 g/mol. The number of amides is 1. The number of thiazole rings is 1. The first-order valence-electron chi connectivity index (χ1n) is 9.68. The van der Waals surface area contributed by atoms with Crippen LogP contribution in [-0.2, 0) is 0 Å². The van der Waals surface area contributed by atoms with Gasteiger partial charge >= 0.3 is 0 Å². The topological polar surface area (TPSA) is 51.7 Å². The Kier molecular flexibility index (Phi) is 5.53. The highest BCUT2D eigenvalue weighted by Crippen LogP contribution is 2.38. The van der Waals surface area contributed by atoms with Crippen molar-refractivity contribution < 1.29 is 14.3 Å². The van der Waals surface area contributed by atoms with E-state index in [4.69, 9.17) is 9.47 Å². The van der Waals surface area contributed by atoms with Crippen LogP contribution in [0, 0.1) is 6.92 Å². The van der Waals surface area contributed by atoms with E-state index < -0.39 is 0 Å². The highest BCUT2D eigenvalue weighted by molar-refractivity contribution is 7.17. The third-order valence-corrected chi connectivity index (χ3v) is 6.51. The van der Waals surface area contributed by atoms with Crippen LogP contribution in [0.25, 0.3) is 10.6 Å². The van der Waals surface area contributed by atoms with Crippen LogP contribution in [0.1, 0.15) is 39.8 Å². The van der Waals surface area contributed by atoms with Gasteiger partial charge in [0.15, 0.2) is 11.5 Å². The number of rotatable bonds is 5. The number of ether oxygens (including phenoxy) is 2. The van der Waals surface area contributed by atoms with E-state index in [0.717, 1.165) is 35.7 Å². The molecule has 3 aromatic rings. The molecule has 1 aliphatic rings. The molecule has 0 bridgehead atoms. The molecule has 1 unspecified atom stereocenters. The molecule has 2 heterocycles. The van der Waals surface area contributed by atoms with E-state index in [1.54, 1.807) is 14.2 Å². The Labute approximate surface area is 174 Å². The van der Waals surface area contributed by atoms with Gasteiger partial charge in [-0.1, -0.05) is 30.3 Å². The van der Waals surface area contributed by atoms with E-state index in [1.807, 2.05) is 48.2 Å². The van der Waals surface area contributed by atoms with Crippen molar-refractivity contribution in [2.24, 2.45) is 0 Å². The first kappa shape index (κ1) is 19.5. The molecule has 2 aromatic carbocycles. The standard InChI is InChI=1S/C23H24N2O3S/c1-15-21(23(26)25-13-7-10-18(25)16-8-5-4-6-9-16)29-22(24-15)17-11-12-19(27-2)20(14-17)28-3/h4-6,8-9,11-12,14,18H,7,10,13H2,1-3H3. The third-order valence-electron chi connectivity index (χ3n) is 5.32. The van der Waals surface area contributed by atoms with Gasteiger partial charge in [0, 0.05) is 12.1 Å². The van der Waals surface area contributed by atoms with Gasteiger partial charge in [-0.25, -0.2) is 4.98 Å². The minimum atomic E-state index is 0.0677. The van der Waals surface area contributed by atoms with Gasteiger partial charge in [-0.05, 0) is 43.5 Å². The molecule has 1 amide bonds. The second kappa shape index (κ2) is 8.25. The van der Waals surface area contributed by atoms with Gasteiger partial charge in [0.2, 0.25) is 0 Å². The number of nitrogens with zero attached hydrogens (tertiary/aromatic N) is 2. The summed E-state index contributed by atoms with van der Waals surface area (Å²) in [5.74, 6) is 1.39. The molecule has 6 heteroatoms. The van der Waals surface area contributed by atoms with Crippen LogP contribution in [0.3, 0.4) is 0 Å². The van der Waals surface area contributed by atoms with E-state index in [0.29, 0.717) is 16.4 Å². The van der Waals surface area contributed by atoms with Crippen LogP contribution < -0.4 is 9.47 Å². The zero-order valence-electron chi connectivity index (χ0n) is 16.8. The lowest BCUT2D eigenvalue weighted by Crippen LogP contribution is -2.30. The summed E-state index contributed by atoms with van der Waals surface area (Å²) in [6.45, 7) is 2.68. The normalized spacial score (nSPS) is 16.1. The minimum Gasteiger partial charge on any atom is -0.493 e. The molecule has 0 aliphatic carbocycles. The van der Waals surface area contributed by atoms with Crippen LogP contribution >= 0.6 is 11.3 Å². The van der Waals surface area contributed by atoms with Crippen molar-refractivity contribution in [3.05, 3.63) is 64.7 Å². The smallest absolute Gasteiger partial charge is 0.266 e. The van der Waals surface area contributed by atoms with Crippen LogP contribution in [-0.4, -0.2) is 36.6 Å². The molecule has 1 fully saturated rings. The third kappa shape index (κ3) is 3.72. The van der Waals surface area contributed by atoms with Gasteiger partial charge < -0.3 is 14.4 Å². The molecule has 0 N–H and O–H groups in total. The van der Waals surface area contributed by atoms with Crippen LogP contribution in [0.5, 0.6) is 11.5 Å². The maximum absolute atomic E-state index is 13.4. The molecule has 29 heavy (non-hydrogen) atoms. The lowest BCUT2D eigenvalue weighted by molar-refractivity contribution is 0.0739. The quantitative estimate of drug-likeness (QED) is 0.588. The number of benzene rings is 2. The highest BCUT2D eigenvalue weighted by atomic mass is 32.1. The average molecular weight is 409 g/mol. The van der Waals surface area contributed by atoms with Gasteiger partial charge in [0.25, 0.3) is 5.91 Å². The number of aryl methyl sites for hydroxylation is 1. The fourth-order valence-corrected chi connectivity index (χ4v) is 4.87. The van der Waals surface area contributed by atoms with Crippen molar-refractivity contribution in [1.82, 2.24) is 9.88 Å². The number of hydrogen-bond acceptors (Lipinski definition) is 5. The summed E-state index contributed by atoms with van der Waals surface area (Å²) >= 11 is 1.44. The number of aromatic nitrogens is 1. The number of methoxy groups -OCH3 is 2. The lowest BCUT2D eigenvalue weighted by atomic mass is 10.0. The summed E-state index contributed by atoms with van der Waals surface area (Å²) in [6.07, 6.45) is 2.02. The van der Waals surface area contributed by atoms with E-state index >= 15 is 0 Å². The van der Waals surface area contributed by atoms with Crippen molar-refractivity contribution in [2.75, 3.05) is 20.8 Å². The van der Waals surface area contributed by atoms with Gasteiger partial charge in [-0.15, -0.1) is 11.3 Å². The molecule has 4 rings (SSSR count). The molecule has 5 nitrogen and oxygen atoms in total. The molecule has 1 atom stereocenters. The molecule has 0 spiro atoms. The number of carbonyl (C=O) groups excluding carboxylic acids is 1. The van der Waals surface area contributed by atoms with Crippen molar-refractivity contribution in [3.63, 3.8) is 0 Å². The maximum Gasteiger partial charge on any atom is 0.266 e. The predicted octanol–water partition coefficient (Wildman–Crippen LogP) is 5.11. The zero-order chi connectivity index (χ0) is 20.4. The first-order chi connectivity index (χ1) is 14.1. The fourth-order valence-electron chi connectivity index (χ4n) is 3.85. The molecular weight excluding hydrogens is 384 g/mol. The molecule has 1 aromatic heterocycles. The Morgan fingerprint density at radius 2 is 1.86 bits per heavy atom. The second-order valence-electron chi connectivity index (χ2n) is 7.07. The van der Waals surface area contributed by atoms with Crippen LogP contribution in [0.15, 0.2) is 48.5 Å². The Bertz CT molecular complexity index is 1020. The zero-order valence-corrected chi connectivity index (χ0v) is 17.7. The predicted molar refractivity (Wildman–Crippen MR) is 115 cm³/mol. The number of hydrogen-bond donors (Lipinski definition) is 0. The van der Waals surface area contributed by atoms with Crippen molar-refractivity contribution >= 4 is 17.2 Å². The molecule has 150 valence electrons. The Hall–Kier alpha value is -2.86. The van der Waals surface area contributed by atoms with E-state index in [1.165, 1.54) is 16.9 Å². The minimum absolute atomic E-state index is 0.0677. The Balaban J connectivity index is 1.63. The summed E-state index contributed by atoms with van der Waals surface area (Å²) in [5.41, 5.74) is 2.87. The molecule has 1 saturated heterocycles. The largest absolute Gasteiger partial charge is 0.493 e. The SMILES string of the molecule is COc1ccc(-c2nc(C)c(C(=O)N3CCCC3c3ccccc3)s2)cc1OC. The summed E-state index contributed by atoms with van der Waals surface area (Å²) in [6, 6.07) is 16.1. The van der Waals surface area contributed by atoms with Crippen molar-refractivity contribution in [2.45, 2.75) is 25.8 Å². The van der Waals surface area contributed by atoms with Crippen molar-refractivity contribution in [1.29, 1.82) is 0 Å². The van der Waals surface area contributed by atoms with Gasteiger partial charge in [0.1, 0.15) is 9.88 Å². The second-order valence-corrected chi connectivity index (χ2v) is 8.07. The van der Waals surface area contributed by atoms with Gasteiger partial charge in [0.05, 0.1) is 26.0 Å². The van der Waals surface area contributed by atoms with E-state index in [-0.39, 0.29) is 11.9 Å². The number of likely N-dealkylation sites (tertiary alicyclic amines) is 1. The molecular formula is C23H24N2O3S. The Morgan fingerprint density at radius 1 is 1.10 bits per heavy atom. The summed E-state index contributed by atoms with van der Waals surface area (Å²) in [4.78, 5) is 20.7.